The van der Waals surface area contributed by atoms with Gasteiger partial charge in [-0.25, -0.2) is 4.79 Å². The van der Waals surface area contributed by atoms with Gasteiger partial charge in [0.05, 0.1) is 12.6 Å². The summed E-state index contributed by atoms with van der Waals surface area (Å²) in [5, 5.41) is 4.68. The van der Waals surface area contributed by atoms with E-state index in [-0.39, 0.29) is 5.97 Å². The van der Waals surface area contributed by atoms with E-state index in [1.165, 1.54) is 49.8 Å². The Labute approximate surface area is 120 Å². The summed E-state index contributed by atoms with van der Waals surface area (Å²) in [6, 6.07) is 0.499. The first-order valence-corrected chi connectivity index (χ1v) is 8.08. The van der Waals surface area contributed by atoms with E-state index >= 15 is 0 Å². The molecule has 0 unspecified atom stereocenters. The molecular weight excluding hydrogens is 252 g/mol. The molecule has 0 spiro atoms. The molecule has 110 valence electrons. The van der Waals surface area contributed by atoms with Gasteiger partial charge in [-0.1, -0.05) is 19.3 Å². The van der Waals surface area contributed by atoms with E-state index in [4.69, 9.17) is 4.74 Å². The lowest BCUT2D eigenvalue weighted by molar-refractivity contribution is 0.0516. The first-order valence-electron chi connectivity index (χ1n) is 8.08. The molecule has 20 heavy (non-hydrogen) atoms. The van der Waals surface area contributed by atoms with Crippen molar-refractivity contribution in [2.24, 2.45) is 0 Å². The summed E-state index contributed by atoms with van der Waals surface area (Å²) < 4.78 is 7.36. The number of fused-ring (bicyclic) bond motifs is 1. The fraction of sp³-hybridized carbons (Fsp3) is 0.750. The first kappa shape index (κ1) is 13.7. The molecule has 4 nitrogen and oxygen atoms in total. The van der Waals surface area contributed by atoms with Crippen LogP contribution in [0.4, 0.5) is 0 Å². The summed E-state index contributed by atoms with van der Waals surface area (Å²) in [6.45, 7) is 2.27. The number of ether oxygens (including phenoxy) is 1. The molecule has 1 aromatic heterocycles. The van der Waals surface area contributed by atoms with E-state index < -0.39 is 0 Å². The predicted octanol–water partition coefficient (Wildman–Crippen LogP) is 3.44. The Morgan fingerprint density at radius 1 is 1.20 bits per heavy atom. The molecule has 0 aromatic carbocycles. The Bertz CT molecular complexity index is 487. The van der Waals surface area contributed by atoms with Crippen LogP contribution in [0.1, 0.15) is 79.7 Å². The molecule has 1 fully saturated rings. The Balaban J connectivity index is 1.95. The topological polar surface area (TPSA) is 44.1 Å². The second kappa shape index (κ2) is 5.98. The Hall–Kier alpha value is -1.32. The highest BCUT2D eigenvalue weighted by atomic mass is 16.5. The second-order valence-electron chi connectivity index (χ2n) is 5.94. The molecule has 2 aliphatic carbocycles. The Kier molecular flexibility index (Phi) is 4.08. The quantitative estimate of drug-likeness (QED) is 0.794. The van der Waals surface area contributed by atoms with Gasteiger partial charge in [0.15, 0.2) is 5.69 Å². The van der Waals surface area contributed by atoms with E-state index in [1.54, 1.807) is 0 Å². The van der Waals surface area contributed by atoms with Gasteiger partial charge in [-0.2, -0.15) is 5.10 Å². The van der Waals surface area contributed by atoms with Crippen LogP contribution in [0.2, 0.25) is 0 Å². The van der Waals surface area contributed by atoms with Crippen molar-refractivity contribution >= 4 is 5.97 Å². The maximum Gasteiger partial charge on any atom is 0.359 e. The standard InChI is InChI=1S/C16H24N2O2/c1-2-20-16(19)15-13-10-6-7-11-14(13)18(17-15)12-8-4-3-5-9-12/h12H,2-11H2,1H3. The average molecular weight is 276 g/mol. The van der Waals surface area contributed by atoms with Crippen LogP contribution in [0.5, 0.6) is 0 Å². The van der Waals surface area contributed by atoms with Crippen LogP contribution in [-0.4, -0.2) is 22.4 Å². The van der Waals surface area contributed by atoms with Gasteiger partial charge in [0.25, 0.3) is 0 Å². The maximum absolute atomic E-state index is 12.1. The normalized spacial score (nSPS) is 19.6. The summed E-state index contributed by atoms with van der Waals surface area (Å²) in [7, 11) is 0. The lowest BCUT2D eigenvalue weighted by Gasteiger charge is -2.25. The summed E-state index contributed by atoms with van der Waals surface area (Å²) >= 11 is 0. The zero-order valence-electron chi connectivity index (χ0n) is 12.4. The van der Waals surface area contributed by atoms with Gasteiger partial charge in [0.1, 0.15) is 0 Å². The van der Waals surface area contributed by atoms with Crippen molar-refractivity contribution in [3.8, 4) is 0 Å². The van der Waals surface area contributed by atoms with E-state index in [0.29, 0.717) is 18.3 Å². The second-order valence-corrected chi connectivity index (χ2v) is 5.94. The summed E-state index contributed by atoms with van der Waals surface area (Å²) in [6.07, 6.45) is 10.7. The smallest absolute Gasteiger partial charge is 0.359 e. The van der Waals surface area contributed by atoms with Crippen molar-refractivity contribution < 1.29 is 9.53 Å². The number of rotatable bonds is 3. The molecule has 1 saturated carbocycles. The molecule has 0 atom stereocenters. The minimum atomic E-state index is -0.236. The molecular formula is C16H24N2O2. The highest BCUT2D eigenvalue weighted by Gasteiger charge is 2.29. The van der Waals surface area contributed by atoms with Crippen LogP contribution in [0.3, 0.4) is 0 Å². The Morgan fingerprint density at radius 2 is 1.95 bits per heavy atom. The predicted molar refractivity (Wildman–Crippen MR) is 76.9 cm³/mol. The van der Waals surface area contributed by atoms with Crippen LogP contribution in [0.15, 0.2) is 0 Å². The van der Waals surface area contributed by atoms with Crippen LogP contribution >= 0.6 is 0 Å². The number of hydrogen-bond acceptors (Lipinski definition) is 3. The lowest BCUT2D eigenvalue weighted by atomic mass is 9.93. The average Bonchev–Trinajstić information content (AvgIpc) is 2.88. The van der Waals surface area contributed by atoms with Crippen LogP contribution in [0.25, 0.3) is 0 Å². The first-order chi connectivity index (χ1) is 9.81. The highest BCUT2D eigenvalue weighted by molar-refractivity contribution is 5.89. The van der Waals surface area contributed by atoms with Gasteiger partial charge in [-0.3, -0.25) is 4.68 Å². The molecule has 3 rings (SSSR count). The molecule has 0 saturated heterocycles. The van der Waals surface area contributed by atoms with Gasteiger partial charge in [-0.15, -0.1) is 0 Å². The zero-order chi connectivity index (χ0) is 13.9. The lowest BCUT2D eigenvalue weighted by Crippen LogP contribution is -2.18. The van der Waals surface area contributed by atoms with Crippen LogP contribution in [-0.2, 0) is 17.6 Å². The third-order valence-corrected chi connectivity index (χ3v) is 4.60. The minimum Gasteiger partial charge on any atom is -0.461 e. The number of carbonyl (C=O) groups excluding carboxylic acids is 1. The largest absolute Gasteiger partial charge is 0.461 e. The monoisotopic (exact) mass is 276 g/mol. The van der Waals surface area contributed by atoms with E-state index in [9.17, 15) is 4.79 Å². The van der Waals surface area contributed by atoms with E-state index in [2.05, 4.69) is 9.78 Å². The van der Waals surface area contributed by atoms with Gasteiger partial charge in [0.2, 0.25) is 0 Å². The molecule has 0 aliphatic heterocycles. The van der Waals surface area contributed by atoms with Crippen molar-refractivity contribution in [1.82, 2.24) is 9.78 Å². The Morgan fingerprint density at radius 3 is 2.70 bits per heavy atom. The molecule has 0 bridgehead atoms. The third-order valence-electron chi connectivity index (χ3n) is 4.60. The van der Waals surface area contributed by atoms with Gasteiger partial charge < -0.3 is 4.74 Å². The summed E-state index contributed by atoms with van der Waals surface area (Å²) in [5.74, 6) is -0.236. The van der Waals surface area contributed by atoms with E-state index in [0.717, 1.165) is 19.3 Å². The van der Waals surface area contributed by atoms with Gasteiger partial charge in [0, 0.05) is 11.3 Å². The number of esters is 1. The highest BCUT2D eigenvalue weighted by Crippen LogP contribution is 2.33. The van der Waals surface area contributed by atoms with Gasteiger partial charge >= 0.3 is 5.97 Å². The van der Waals surface area contributed by atoms with Gasteiger partial charge in [-0.05, 0) is 45.4 Å². The van der Waals surface area contributed by atoms with Crippen molar-refractivity contribution in [2.45, 2.75) is 70.8 Å². The fourth-order valence-electron chi connectivity index (χ4n) is 3.62. The molecule has 4 heteroatoms. The molecule has 0 N–H and O–H groups in total. The SMILES string of the molecule is CCOC(=O)c1nn(C2CCCCC2)c2c1CCCC2. The maximum atomic E-state index is 12.1. The summed E-state index contributed by atoms with van der Waals surface area (Å²) in [4.78, 5) is 12.1. The van der Waals surface area contributed by atoms with Crippen molar-refractivity contribution in [1.29, 1.82) is 0 Å². The van der Waals surface area contributed by atoms with Crippen molar-refractivity contribution in [2.75, 3.05) is 6.61 Å². The minimum absolute atomic E-state index is 0.236. The molecule has 0 amide bonds. The molecule has 2 aliphatic rings. The fourth-order valence-corrected chi connectivity index (χ4v) is 3.62. The molecule has 1 heterocycles. The number of carbonyl (C=O) groups is 1. The van der Waals surface area contributed by atoms with Crippen LogP contribution in [0, 0.1) is 0 Å². The van der Waals surface area contributed by atoms with Crippen molar-refractivity contribution in [3.05, 3.63) is 17.0 Å². The van der Waals surface area contributed by atoms with E-state index in [1.807, 2.05) is 6.92 Å². The number of aromatic nitrogens is 2. The van der Waals surface area contributed by atoms with Crippen LogP contribution < -0.4 is 0 Å². The van der Waals surface area contributed by atoms with Crippen molar-refractivity contribution in [3.63, 3.8) is 0 Å². The third kappa shape index (κ3) is 2.48. The number of hydrogen-bond donors (Lipinski definition) is 0. The zero-order valence-corrected chi connectivity index (χ0v) is 12.4. The molecule has 0 radical (unpaired) electrons. The summed E-state index contributed by atoms with van der Waals surface area (Å²) in [5.41, 5.74) is 3.07. The molecule has 1 aromatic rings. The number of nitrogens with zero attached hydrogens (tertiary/aromatic N) is 2.